The van der Waals surface area contributed by atoms with Crippen molar-refractivity contribution in [3.05, 3.63) is 39.1 Å². The van der Waals surface area contributed by atoms with Crippen LogP contribution in [-0.2, 0) is 6.54 Å². The number of hydrogen-bond acceptors (Lipinski definition) is 4. The predicted octanol–water partition coefficient (Wildman–Crippen LogP) is 3.58. The van der Waals surface area contributed by atoms with Gasteiger partial charge in [0.05, 0.1) is 15.7 Å². The second-order valence-electron chi connectivity index (χ2n) is 3.86. The molecule has 0 amide bonds. The van der Waals surface area contributed by atoms with E-state index in [0.717, 1.165) is 21.8 Å². The third-order valence-electron chi connectivity index (χ3n) is 2.30. The molecule has 17 heavy (non-hydrogen) atoms. The van der Waals surface area contributed by atoms with Crippen molar-refractivity contribution < 1.29 is 0 Å². The van der Waals surface area contributed by atoms with Gasteiger partial charge in [0.1, 0.15) is 5.82 Å². The quantitative estimate of drug-likeness (QED) is 0.935. The number of halogens is 1. The molecule has 0 fully saturated rings. The number of nitrogens with one attached hydrogen (secondary N) is 1. The van der Waals surface area contributed by atoms with Crippen LogP contribution < -0.4 is 10.2 Å². The summed E-state index contributed by atoms with van der Waals surface area (Å²) in [4.78, 5) is 7.64. The van der Waals surface area contributed by atoms with Crippen LogP contribution >= 0.6 is 27.3 Å². The van der Waals surface area contributed by atoms with Crippen LogP contribution in [0.2, 0.25) is 0 Å². The Morgan fingerprint density at radius 1 is 1.29 bits per heavy atom. The molecular formula is C12H14BrN3S. The van der Waals surface area contributed by atoms with Crippen molar-refractivity contribution in [2.24, 2.45) is 0 Å². The van der Waals surface area contributed by atoms with Crippen LogP contribution in [0, 0.1) is 0 Å². The molecule has 0 aliphatic carbocycles. The molecule has 0 atom stereocenters. The number of anilines is 2. The van der Waals surface area contributed by atoms with Crippen LogP contribution in [0.1, 0.15) is 4.88 Å². The van der Waals surface area contributed by atoms with E-state index in [-0.39, 0.29) is 0 Å². The predicted molar refractivity (Wildman–Crippen MR) is 77.9 cm³/mol. The minimum absolute atomic E-state index is 0.833. The zero-order chi connectivity index (χ0) is 12.3. The van der Waals surface area contributed by atoms with Gasteiger partial charge in [-0.05, 0) is 40.2 Å². The first-order valence-electron chi connectivity index (χ1n) is 5.26. The van der Waals surface area contributed by atoms with Gasteiger partial charge in [0.25, 0.3) is 0 Å². The summed E-state index contributed by atoms with van der Waals surface area (Å²) in [6, 6.07) is 8.23. The van der Waals surface area contributed by atoms with Gasteiger partial charge in [-0.3, -0.25) is 0 Å². The fourth-order valence-corrected chi connectivity index (χ4v) is 2.81. The van der Waals surface area contributed by atoms with Gasteiger partial charge in [-0.25, -0.2) is 4.98 Å². The maximum Gasteiger partial charge on any atom is 0.128 e. The van der Waals surface area contributed by atoms with Gasteiger partial charge in [0.2, 0.25) is 0 Å². The van der Waals surface area contributed by atoms with Crippen molar-refractivity contribution >= 4 is 38.8 Å². The van der Waals surface area contributed by atoms with Crippen LogP contribution in [0.5, 0.6) is 0 Å². The van der Waals surface area contributed by atoms with E-state index in [1.54, 1.807) is 11.3 Å². The molecule has 0 radical (unpaired) electrons. The third-order valence-corrected chi connectivity index (χ3v) is 3.93. The minimum atomic E-state index is 0.833. The Morgan fingerprint density at radius 3 is 2.65 bits per heavy atom. The Hall–Kier alpha value is -1.07. The monoisotopic (exact) mass is 311 g/mol. The van der Waals surface area contributed by atoms with Crippen molar-refractivity contribution in [2.75, 3.05) is 24.3 Å². The van der Waals surface area contributed by atoms with Gasteiger partial charge in [-0.15, -0.1) is 11.3 Å². The summed E-state index contributed by atoms with van der Waals surface area (Å²) in [7, 11) is 3.97. The second kappa shape index (κ2) is 5.51. The van der Waals surface area contributed by atoms with E-state index in [1.165, 1.54) is 4.88 Å². The lowest BCUT2D eigenvalue weighted by molar-refractivity contribution is 1.06. The number of nitrogens with zero attached hydrogens (tertiary/aromatic N) is 2. The highest BCUT2D eigenvalue weighted by atomic mass is 79.9. The highest BCUT2D eigenvalue weighted by molar-refractivity contribution is 9.11. The molecule has 1 N–H and O–H groups in total. The van der Waals surface area contributed by atoms with Gasteiger partial charge in [0, 0.05) is 25.5 Å². The van der Waals surface area contributed by atoms with Gasteiger partial charge in [-0.2, -0.15) is 0 Å². The Kier molecular flexibility index (Phi) is 4.02. The van der Waals surface area contributed by atoms with E-state index in [9.17, 15) is 0 Å². The van der Waals surface area contributed by atoms with Crippen LogP contribution in [0.25, 0.3) is 0 Å². The molecule has 5 heteroatoms. The lowest BCUT2D eigenvalue weighted by atomic mass is 10.3. The molecule has 0 bridgehead atoms. The van der Waals surface area contributed by atoms with E-state index < -0.39 is 0 Å². The van der Waals surface area contributed by atoms with Crippen molar-refractivity contribution in [3.8, 4) is 0 Å². The highest BCUT2D eigenvalue weighted by Crippen LogP contribution is 2.23. The molecule has 0 aliphatic rings. The number of rotatable bonds is 4. The summed E-state index contributed by atoms with van der Waals surface area (Å²) in [6.45, 7) is 0.833. The summed E-state index contributed by atoms with van der Waals surface area (Å²) in [5.41, 5.74) is 1.04. The smallest absolute Gasteiger partial charge is 0.128 e. The van der Waals surface area contributed by atoms with E-state index >= 15 is 0 Å². The van der Waals surface area contributed by atoms with Crippen molar-refractivity contribution in [3.63, 3.8) is 0 Å². The largest absolute Gasteiger partial charge is 0.379 e. The highest BCUT2D eigenvalue weighted by Gasteiger charge is 1.99. The molecule has 3 nitrogen and oxygen atoms in total. The molecule has 2 heterocycles. The molecule has 0 saturated carbocycles. The minimum Gasteiger partial charge on any atom is -0.379 e. The fourth-order valence-electron chi connectivity index (χ4n) is 1.39. The average Bonchev–Trinajstić information content (AvgIpc) is 2.73. The first-order chi connectivity index (χ1) is 8.15. The van der Waals surface area contributed by atoms with E-state index in [1.807, 2.05) is 37.3 Å². The average molecular weight is 312 g/mol. The van der Waals surface area contributed by atoms with Gasteiger partial charge in [0.15, 0.2) is 0 Å². The fraction of sp³-hybridized carbons (Fsp3) is 0.250. The van der Waals surface area contributed by atoms with E-state index in [2.05, 4.69) is 38.4 Å². The third kappa shape index (κ3) is 3.44. The maximum atomic E-state index is 4.35. The number of pyridine rings is 1. The Balaban J connectivity index is 1.95. The van der Waals surface area contributed by atoms with Crippen LogP contribution in [0.15, 0.2) is 34.2 Å². The summed E-state index contributed by atoms with van der Waals surface area (Å²) in [5, 5.41) is 3.35. The second-order valence-corrected chi connectivity index (χ2v) is 6.41. The lowest BCUT2D eigenvalue weighted by Crippen LogP contribution is -2.10. The topological polar surface area (TPSA) is 28.2 Å². The molecule has 0 aliphatic heterocycles. The molecule has 0 saturated heterocycles. The van der Waals surface area contributed by atoms with Gasteiger partial charge in [-0.1, -0.05) is 0 Å². The summed E-state index contributed by atoms with van der Waals surface area (Å²) < 4.78 is 1.16. The molecule has 2 aromatic heterocycles. The molecule has 90 valence electrons. The zero-order valence-electron chi connectivity index (χ0n) is 9.77. The molecule has 0 aromatic carbocycles. The SMILES string of the molecule is CN(C)c1ccc(NCc2ccc(Br)s2)cn1. The number of thiophene rings is 1. The maximum absolute atomic E-state index is 4.35. The normalized spacial score (nSPS) is 10.3. The molecule has 2 aromatic rings. The number of hydrogen-bond donors (Lipinski definition) is 1. The standard InChI is InChI=1S/C12H14BrN3S/c1-16(2)12-6-3-9(7-15-12)14-8-10-4-5-11(13)17-10/h3-7,14H,8H2,1-2H3. The Bertz CT molecular complexity index is 479. The van der Waals surface area contributed by atoms with E-state index in [0.29, 0.717) is 0 Å². The summed E-state index contributed by atoms with van der Waals surface area (Å²) in [6.07, 6.45) is 1.86. The first-order valence-corrected chi connectivity index (χ1v) is 6.87. The van der Waals surface area contributed by atoms with Gasteiger partial charge < -0.3 is 10.2 Å². The van der Waals surface area contributed by atoms with Crippen LogP contribution in [0.4, 0.5) is 11.5 Å². The van der Waals surface area contributed by atoms with Crippen molar-refractivity contribution in [2.45, 2.75) is 6.54 Å². The Morgan fingerprint density at radius 2 is 2.12 bits per heavy atom. The first kappa shape index (κ1) is 12.4. The zero-order valence-corrected chi connectivity index (χ0v) is 12.2. The molecule has 2 rings (SSSR count). The molecule has 0 spiro atoms. The van der Waals surface area contributed by atoms with Crippen LogP contribution in [-0.4, -0.2) is 19.1 Å². The van der Waals surface area contributed by atoms with Crippen molar-refractivity contribution in [1.82, 2.24) is 4.98 Å². The number of aromatic nitrogens is 1. The van der Waals surface area contributed by atoms with E-state index in [4.69, 9.17) is 0 Å². The Labute approximate surface area is 114 Å². The van der Waals surface area contributed by atoms with Gasteiger partial charge >= 0.3 is 0 Å². The van der Waals surface area contributed by atoms with Crippen molar-refractivity contribution in [1.29, 1.82) is 0 Å². The summed E-state index contributed by atoms with van der Waals surface area (Å²) >= 11 is 5.20. The molecule has 0 unspecified atom stereocenters. The summed E-state index contributed by atoms with van der Waals surface area (Å²) in [5.74, 6) is 0.967. The molecular weight excluding hydrogens is 298 g/mol. The lowest BCUT2D eigenvalue weighted by Gasteiger charge is -2.11. The van der Waals surface area contributed by atoms with Crippen LogP contribution in [0.3, 0.4) is 0 Å².